The molecule has 0 unspecified atom stereocenters. The summed E-state index contributed by atoms with van der Waals surface area (Å²) in [6, 6.07) is 54.3. The SMILES string of the molecule is CC(C)c1ccc(-n2c(-c3cc(C(C)(C)C)cc(C(C)(C)C)c3O)nc3c(-c4cc(-c5cc(-c6ccccc6)ccn5)cc(C(C)(C)C)c4)cc4c(c32)C2c3ccccc3C4c3ccccc32)c(C(C)C)c1. The van der Waals surface area contributed by atoms with Crippen molar-refractivity contribution in [3.05, 3.63) is 213 Å². The Bertz CT molecular complexity index is 3560. The highest BCUT2D eigenvalue weighted by atomic mass is 16.3. The van der Waals surface area contributed by atoms with Gasteiger partial charge in [0.15, 0.2) is 0 Å². The predicted molar refractivity (Wildman–Crippen MR) is 301 cm³/mol. The molecule has 0 fully saturated rings. The van der Waals surface area contributed by atoms with E-state index < -0.39 is 0 Å². The van der Waals surface area contributed by atoms with Gasteiger partial charge >= 0.3 is 0 Å². The monoisotopic (exact) mass is 944 g/mol. The molecule has 0 spiro atoms. The van der Waals surface area contributed by atoms with Gasteiger partial charge in [-0.05, 0) is 143 Å². The first-order valence-corrected chi connectivity index (χ1v) is 26.2. The summed E-state index contributed by atoms with van der Waals surface area (Å²) in [5.74, 6) is 1.57. The summed E-state index contributed by atoms with van der Waals surface area (Å²) >= 11 is 0. The smallest absolute Gasteiger partial charge is 0.149 e. The lowest BCUT2D eigenvalue weighted by atomic mass is 9.60. The number of aromatic hydroxyl groups is 1. The Morgan fingerprint density at radius 3 is 1.69 bits per heavy atom. The van der Waals surface area contributed by atoms with E-state index in [0.29, 0.717) is 5.92 Å². The van der Waals surface area contributed by atoms with Crippen molar-refractivity contribution in [2.75, 3.05) is 0 Å². The first-order chi connectivity index (χ1) is 34.2. The Hall–Kier alpha value is -7.04. The number of fused-ring (bicyclic) bond motifs is 1. The van der Waals surface area contributed by atoms with Crippen LogP contribution in [0.1, 0.15) is 175 Å². The Morgan fingerprint density at radius 2 is 1.10 bits per heavy atom. The van der Waals surface area contributed by atoms with E-state index in [1.165, 1.54) is 50.1 Å². The van der Waals surface area contributed by atoms with Crippen molar-refractivity contribution < 1.29 is 5.11 Å². The minimum Gasteiger partial charge on any atom is -0.507 e. The lowest BCUT2D eigenvalue weighted by molar-refractivity contribution is 0.446. The van der Waals surface area contributed by atoms with Crippen molar-refractivity contribution >= 4 is 11.0 Å². The summed E-state index contributed by atoms with van der Waals surface area (Å²) in [7, 11) is 0. The van der Waals surface area contributed by atoms with E-state index >= 15 is 0 Å². The lowest BCUT2D eigenvalue weighted by Gasteiger charge is -2.43. The zero-order valence-electron chi connectivity index (χ0n) is 44.5. The minimum atomic E-state index is -0.342. The van der Waals surface area contributed by atoms with Crippen molar-refractivity contribution in [1.29, 1.82) is 0 Å². The van der Waals surface area contributed by atoms with Gasteiger partial charge < -0.3 is 5.11 Å². The Labute approximate surface area is 427 Å². The minimum absolute atomic E-state index is 0.0137. The van der Waals surface area contributed by atoms with Gasteiger partial charge in [0.1, 0.15) is 11.6 Å². The van der Waals surface area contributed by atoms with Gasteiger partial charge in [0.2, 0.25) is 0 Å². The molecule has 2 bridgehead atoms. The molecule has 9 aromatic rings. The molecule has 362 valence electrons. The van der Waals surface area contributed by atoms with E-state index in [9.17, 15) is 5.11 Å². The molecule has 3 aliphatic rings. The van der Waals surface area contributed by atoms with E-state index in [0.717, 1.165) is 72.7 Å². The second-order valence-corrected chi connectivity index (χ2v) is 24.4. The van der Waals surface area contributed by atoms with Gasteiger partial charge in [0.25, 0.3) is 0 Å². The molecule has 2 heterocycles. The number of aromatic nitrogens is 3. The van der Waals surface area contributed by atoms with Gasteiger partial charge in [-0.25, -0.2) is 4.98 Å². The van der Waals surface area contributed by atoms with Crippen molar-refractivity contribution in [3.8, 4) is 56.3 Å². The number of benzene rings is 7. The average molecular weight is 944 g/mol. The van der Waals surface area contributed by atoms with Crippen LogP contribution in [0.5, 0.6) is 5.75 Å². The van der Waals surface area contributed by atoms with Crippen LogP contribution in [0.3, 0.4) is 0 Å². The normalized spacial score (nSPS) is 15.3. The largest absolute Gasteiger partial charge is 0.507 e. The molecule has 72 heavy (non-hydrogen) atoms. The van der Waals surface area contributed by atoms with Gasteiger partial charge in [-0.3, -0.25) is 9.55 Å². The molecule has 0 aliphatic heterocycles. The van der Waals surface area contributed by atoms with E-state index in [-0.39, 0.29) is 39.7 Å². The van der Waals surface area contributed by atoms with Crippen molar-refractivity contribution in [2.24, 2.45) is 0 Å². The lowest BCUT2D eigenvalue weighted by Crippen LogP contribution is -2.28. The zero-order chi connectivity index (χ0) is 50.8. The number of pyridine rings is 1. The highest BCUT2D eigenvalue weighted by Gasteiger charge is 2.44. The van der Waals surface area contributed by atoms with Gasteiger partial charge in [0.05, 0.1) is 28.0 Å². The van der Waals surface area contributed by atoms with Crippen LogP contribution in [0.4, 0.5) is 0 Å². The molecule has 4 nitrogen and oxygen atoms in total. The van der Waals surface area contributed by atoms with Gasteiger partial charge in [-0.1, -0.05) is 193 Å². The average Bonchev–Trinajstić information content (AvgIpc) is 3.75. The number of rotatable bonds is 7. The van der Waals surface area contributed by atoms with Gasteiger partial charge in [0, 0.05) is 34.7 Å². The maximum atomic E-state index is 13.0. The molecule has 3 aliphatic carbocycles. The van der Waals surface area contributed by atoms with Crippen LogP contribution in [0.2, 0.25) is 0 Å². The predicted octanol–water partition coefficient (Wildman–Crippen LogP) is 17.9. The quantitative estimate of drug-likeness (QED) is 0.173. The summed E-state index contributed by atoms with van der Waals surface area (Å²) in [6.45, 7) is 29.5. The fraction of sp³-hybridized carbons (Fsp3) is 0.294. The number of hydrogen-bond acceptors (Lipinski definition) is 3. The first-order valence-electron chi connectivity index (χ1n) is 26.2. The number of phenols is 1. The molecule has 1 N–H and O–H groups in total. The first kappa shape index (κ1) is 47.3. The van der Waals surface area contributed by atoms with Crippen LogP contribution in [0.15, 0.2) is 152 Å². The molecule has 12 rings (SSSR count). The number of imidazole rings is 1. The number of phenolic OH excluding ortho intramolecular Hbond substituents is 1. The summed E-state index contributed by atoms with van der Waals surface area (Å²) in [5, 5.41) is 13.0. The van der Waals surface area contributed by atoms with Crippen LogP contribution in [-0.2, 0) is 16.2 Å². The molecule has 4 heteroatoms. The molecule has 0 saturated carbocycles. The standard InChI is InChI=1S/C68H69N3O/c1-39(2)42-27-28-58(52(34-42)40(3)4)71-63-61-54(59-48-23-17-19-25-50(48)60(61)51-26-20-18-24-49(51)59)38-53(62(63)70-65(71)55-36-47(67(8,9)10)37-56(64(55)72)68(11,12)13)44-31-45(33-46(32-44)66(5,6)7)57-35-43(29-30-69-57)41-21-15-14-16-22-41/h14-40,59-60,72H,1-13H3. The fourth-order valence-corrected chi connectivity index (χ4v) is 11.7. The van der Waals surface area contributed by atoms with E-state index in [1.54, 1.807) is 0 Å². The van der Waals surface area contributed by atoms with Crippen LogP contribution < -0.4 is 0 Å². The molecule has 7 aromatic carbocycles. The van der Waals surface area contributed by atoms with Crippen molar-refractivity contribution in [3.63, 3.8) is 0 Å². The fourth-order valence-electron chi connectivity index (χ4n) is 11.7. The third-order valence-corrected chi connectivity index (χ3v) is 15.7. The van der Waals surface area contributed by atoms with E-state index in [2.05, 4.69) is 240 Å². The molecular weight excluding hydrogens is 875 g/mol. The second kappa shape index (κ2) is 17.0. The molecule has 0 radical (unpaired) electrons. The van der Waals surface area contributed by atoms with Crippen molar-refractivity contribution in [1.82, 2.24) is 14.5 Å². The topological polar surface area (TPSA) is 50.9 Å². The Balaban J connectivity index is 1.33. The second-order valence-electron chi connectivity index (χ2n) is 24.4. The highest BCUT2D eigenvalue weighted by Crippen LogP contribution is 2.59. The maximum Gasteiger partial charge on any atom is 0.149 e. The zero-order valence-corrected chi connectivity index (χ0v) is 44.5. The molecule has 0 saturated heterocycles. The summed E-state index contributed by atoms with van der Waals surface area (Å²) in [5.41, 5.74) is 23.5. The molecule has 2 aromatic heterocycles. The number of nitrogens with zero attached hydrogens (tertiary/aromatic N) is 3. The number of hydrogen-bond donors (Lipinski definition) is 1. The van der Waals surface area contributed by atoms with Crippen molar-refractivity contribution in [2.45, 2.75) is 130 Å². The van der Waals surface area contributed by atoms with Crippen LogP contribution in [0, 0.1) is 0 Å². The third-order valence-electron chi connectivity index (χ3n) is 15.7. The van der Waals surface area contributed by atoms with Crippen LogP contribution >= 0.6 is 0 Å². The van der Waals surface area contributed by atoms with E-state index in [4.69, 9.17) is 9.97 Å². The Kier molecular flexibility index (Phi) is 11.2. The van der Waals surface area contributed by atoms with Crippen LogP contribution in [-0.4, -0.2) is 19.6 Å². The maximum absolute atomic E-state index is 13.0. The Morgan fingerprint density at radius 1 is 0.500 bits per heavy atom. The molecule has 0 amide bonds. The third kappa shape index (κ3) is 7.81. The highest BCUT2D eigenvalue weighted by molar-refractivity contribution is 6.02. The van der Waals surface area contributed by atoms with Crippen LogP contribution in [0.25, 0.3) is 61.6 Å². The summed E-state index contributed by atoms with van der Waals surface area (Å²) in [4.78, 5) is 11.1. The molecular formula is C68H69N3O. The van der Waals surface area contributed by atoms with E-state index in [1.807, 2.05) is 6.20 Å². The van der Waals surface area contributed by atoms with Gasteiger partial charge in [-0.2, -0.15) is 0 Å². The van der Waals surface area contributed by atoms with Gasteiger partial charge in [-0.15, -0.1) is 0 Å². The summed E-state index contributed by atoms with van der Waals surface area (Å²) < 4.78 is 2.48. The summed E-state index contributed by atoms with van der Waals surface area (Å²) in [6.07, 6.45) is 1.94. The molecule has 0 atom stereocenters.